The zero-order valence-electron chi connectivity index (χ0n) is 9.73. The van der Waals surface area contributed by atoms with Crippen molar-refractivity contribution in [1.82, 2.24) is 10.2 Å². The van der Waals surface area contributed by atoms with E-state index in [1.165, 1.54) is 5.56 Å². The standard InChI is InChI=1S/C13H21N3/c14-13(12-4-2-1-3-5-12)6-9-16-10-7-15-8-11-16/h1-5,13,15H,6-11,14H2. The van der Waals surface area contributed by atoms with Crippen molar-refractivity contribution in [2.24, 2.45) is 5.73 Å². The molecule has 88 valence electrons. The van der Waals surface area contributed by atoms with Gasteiger partial charge in [-0.15, -0.1) is 0 Å². The average molecular weight is 219 g/mol. The first-order valence-corrected chi connectivity index (χ1v) is 6.10. The Balaban J connectivity index is 1.77. The van der Waals surface area contributed by atoms with Crippen LogP contribution in [-0.4, -0.2) is 37.6 Å². The maximum absolute atomic E-state index is 6.17. The molecule has 16 heavy (non-hydrogen) atoms. The van der Waals surface area contributed by atoms with E-state index >= 15 is 0 Å². The van der Waals surface area contributed by atoms with Gasteiger partial charge in [0.15, 0.2) is 0 Å². The van der Waals surface area contributed by atoms with Crippen molar-refractivity contribution < 1.29 is 0 Å². The topological polar surface area (TPSA) is 41.3 Å². The van der Waals surface area contributed by atoms with E-state index in [1.807, 2.05) is 6.07 Å². The molecule has 3 heteroatoms. The van der Waals surface area contributed by atoms with E-state index in [-0.39, 0.29) is 6.04 Å². The predicted octanol–water partition coefficient (Wildman–Crippen LogP) is 0.982. The molecule has 0 amide bonds. The van der Waals surface area contributed by atoms with Crippen molar-refractivity contribution in [3.05, 3.63) is 35.9 Å². The zero-order chi connectivity index (χ0) is 11.2. The van der Waals surface area contributed by atoms with Crippen LogP contribution < -0.4 is 11.1 Å². The van der Waals surface area contributed by atoms with Gasteiger partial charge in [-0.3, -0.25) is 0 Å². The molecular formula is C13H21N3. The van der Waals surface area contributed by atoms with Gasteiger partial charge in [0, 0.05) is 38.8 Å². The Morgan fingerprint density at radius 3 is 2.56 bits per heavy atom. The second-order valence-corrected chi connectivity index (χ2v) is 4.40. The van der Waals surface area contributed by atoms with Crippen molar-refractivity contribution in [1.29, 1.82) is 0 Å². The summed E-state index contributed by atoms with van der Waals surface area (Å²) in [5.74, 6) is 0. The maximum atomic E-state index is 6.17. The SMILES string of the molecule is NC(CCN1CCNCC1)c1ccccc1. The highest BCUT2D eigenvalue weighted by Crippen LogP contribution is 2.13. The van der Waals surface area contributed by atoms with E-state index in [0.29, 0.717) is 0 Å². The molecule has 0 aliphatic carbocycles. The molecule has 0 saturated carbocycles. The van der Waals surface area contributed by atoms with E-state index in [4.69, 9.17) is 5.73 Å². The van der Waals surface area contributed by atoms with Gasteiger partial charge in [0.25, 0.3) is 0 Å². The second-order valence-electron chi connectivity index (χ2n) is 4.40. The number of hydrogen-bond acceptors (Lipinski definition) is 3. The minimum Gasteiger partial charge on any atom is -0.324 e. The molecule has 1 aliphatic rings. The number of piperazine rings is 1. The molecule has 1 atom stereocenters. The Kier molecular flexibility index (Phi) is 4.34. The minimum absolute atomic E-state index is 0.177. The summed E-state index contributed by atoms with van der Waals surface area (Å²) in [5, 5.41) is 3.36. The molecule has 1 fully saturated rings. The summed E-state index contributed by atoms with van der Waals surface area (Å²) in [7, 11) is 0. The van der Waals surface area contributed by atoms with Gasteiger partial charge in [0.1, 0.15) is 0 Å². The number of rotatable bonds is 4. The van der Waals surface area contributed by atoms with Gasteiger partial charge in [0.2, 0.25) is 0 Å². The second kappa shape index (κ2) is 5.99. The van der Waals surface area contributed by atoms with Crippen LogP contribution in [0.1, 0.15) is 18.0 Å². The molecule has 1 aromatic carbocycles. The summed E-state index contributed by atoms with van der Waals surface area (Å²) >= 11 is 0. The van der Waals surface area contributed by atoms with Crippen LogP contribution in [0.4, 0.5) is 0 Å². The predicted molar refractivity (Wildman–Crippen MR) is 67.3 cm³/mol. The normalized spacial score (nSPS) is 19.6. The summed E-state index contributed by atoms with van der Waals surface area (Å²) < 4.78 is 0. The molecule has 2 rings (SSSR count). The Labute approximate surface area is 97.6 Å². The average Bonchev–Trinajstić information content (AvgIpc) is 2.38. The lowest BCUT2D eigenvalue weighted by Crippen LogP contribution is -2.44. The quantitative estimate of drug-likeness (QED) is 0.793. The lowest BCUT2D eigenvalue weighted by molar-refractivity contribution is 0.233. The number of hydrogen-bond donors (Lipinski definition) is 2. The van der Waals surface area contributed by atoms with Crippen LogP contribution in [0.3, 0.4) is 0 Å². The van der Waals surface area contributed by atoms with Crippen LogP contribution >= 0.6 is 0 Å². The van der Waals surface area contributed by atoms with Gasteiger partial charge in [-0.1, -0.05) is 30.3 Å². The fraction of sp³-hybridized carbons (Fsp3) is 0.538. The van der Waals surface area contributed by atoms with Crippen LogP contribution in [0.15, 0.2) is 30.3 Å². The largest absolute Gasteiger partial charge is 0.324 e. The van der Waals surface area contributed by atoms with Crippen LogP contribution in [-0.2, 0) is 0 Å². The van der Waals surface area contributed by atoms with E-state index in [9.17, 15) is 0 Å². The Morgan fingerprint density at radius 1 is 1.19 bits per heavy atom. The number of nitrogens with two attached hydrogens (primary N) is 1. The van der Waals surface area contributed by atoms with Crippen molar-refractivity contribution in [3.8, 4) is 0 Å². The van der Waals surface area contributed by atoms with Gasteiger partial charge in [0.05, 0.1) is 0 Å². The molecule has 3 N–H and O–H groups in total. The molecule has 1 heterocycles. The third-order valence-corrected chi connectivity index (χ3v) is 3.19. The Morgan fingerprint density at radius 2 is 1.88 bits per heavy atom. The van der Waals surface area contributed by atoms with E-state index in [1.54, 1.807) is 0 Å². The molecule has 1 saturated heterocycles. The minimum atomic E-state index is 0.177. The fourth-order valence-corrected chi connectivity index (χ4v) is 2.12. The van der Waals surface area contributed by atoms with Crippen molar-refractivity contribution in [2.75, 3.05) is 32.7 Å². The lowest BCUT2D eigenvalue weighted by Gasteiger charge is -2.28. The molecule has 0 spiro atoms. The van der Waals surface area contributed by atoms with Gasteiger partial charge in [-0.2, -0.15) is 0 Å². The first kappa shape index (κ1) is 11.6. The molecular weight excluding hydrogens is 198 g/mol. The highest BCUT2D eigenvalue weighted by Gasteiger charge is 2.11. The number of benzene rings is 1. The number of nitrogens with one attached hydrogen (secondary N) is 1. The Bertz CT molecular complexity index is 293. The molecule has 1 unspecified atom stereocenters. The molecule has 0 bridgehead atoms. The van der Waals surface area contributed by atoms with Crippen LogP contribution in [0.25, 0.3) is 0 Å². The summed E-state index contributed by atoms with van der Waals surface area (Å²) in [5.41, 5.74) is 7.42. The van der Waals surface area contributed by atoms with Crippen LogP contribution in [0.5, 0.6) is 0 Å². The Hall–Kier alpha value is -0.900. The van der Waals surface area contributed by atoms with Crippen molar-refractivity contribution >= 4 is 0 Å². The van der Waals surface area contributed by atoms with Gasteiger partial charge >= 0.3 is 0 Å². The summed E-state index contributed by atoms with van der Waals surface area (Å²) in [6, 6.07) is 10.5. The van der Waals surface area contributed by atoms with Crippen LogP contribution in [0.2, 0.25) is 0 Å². The molecule has 1 aromatic rings. The zero-order valence-corrected chi connectivity index (χ0v) is 9.73. The summed E-state index contributed by atoms with van der Waals surface area (Å²) in [6.07, 6.45) is 1.05. The summed E-state index contributed by atoms with van der Waals surface area (Å²) in [6.45, 7) is 5.64. The molecule has 0 aromatic heterocycles. The van der Waals surface area contributed by atoms with Gasteiger partial charge in [-0.05, 0) is 12.0 Å². The summed E-state index contributed by atoms with van der Waals surface area (Å²) in [4.78, 5) is 2.49. The molecule has 3 nitrogen and oxygen atoms in total. The molecule has 0 radical (unpaired) electrons. The fourth-order valence-electron chi connectivity index (χ4n) is 2.12. The maximum Gasteiger partial charge on any atom is 0.0307 e. The smallest absolute Gasteiger partial charge is 0.0307 e. The van der Waals surface area contributed by atoms with Crippen LogP contribution in [0, 0.1) is 0 Å². The third kappa shape index (κ3) is 3.30. The lowest BCUT2D eigenvalue weighted by atomic mass is 10.0. The number of nitrogens with zero attached hydrogens (tertiary/aromatic N) is 1. The van der Waals surface area contributed by atoms with E-state index in [0.717, 1.165) is 39.1 Å². The first-order valence-electron chi connectivity index (χ1n) is 6.10. The van der Waals surface area contributed by atoms with Crippen molar-refractivity contribution in [2.45, 2.75) is 12.5 Å². The van der Waals surface area contributed by atoms with Crippen molar-refractivity contribution in [3.63, 3.8) is 0 Å². The monoisotopic (exact) mass is 219 g/mol. The third-order valence-electron chi connectivity index (χ3n) is 3.19. The molecule has 1 aliphatic heterocycles. The first-order chi connectivity index (χ1) is 7.86. The van der Waals surface area contributed by atoms with E-state index < -0.39 is 0 Å². The van der Waals surface area contributed by atoms with Gasteiger partial charge < -0.3 is 16.0 Å². The highest BCUT2D eigenvalue weighted by molar-refractivity contribution is 5.18. The van der Waals surface area contributed by atoms with Gasteiger partial charge in [-0.25, -0.2) is 0 Å². The highest BCUT2D eigenvalue weighted by atomic mass is 15.2. The van der Waals surface area contributed by atoms with E-state index in [2.05, 4.69) is 34.5 Å².